The molecular weight excluding hydrogens is 278 g/mol. The van der Waals surface area contributed by atoms with Gasteiger partial charge >= 0.3 is 0 Å². The highest BCUT2D eigenvalue weighted by Gasteiger charge is 2.33. The van der Waals surface area contributed by atoms with Crippen LogP contribution in [-0.2, 0) is 0 Å². The number of benzene rings is 2. The standard InChI is InChI=1S/C18H21NO3/c1-20-15-10-14-12(8-9-19)11-6-4-5-7-13(11)16(14)18(22-3)17(15)21-2/h4-7,10,12H,8-9,19H2,1-3H3. The van der Waals surface area contributed by atoms with Crippen molar-refractivity contribution in [2.45, 2.75) is 12.3 Å². The number of fused-ring (bicyclic) bond motifs is 3. The van der Waals surface area contributed by atoms with Gasteiger partial charge in [0.15, 0.2) is 11.5 Å². The maximum atomic E-state index is 5.83. The van der Waals surface area contributed by atoms with Gasteiger partial charge in [-0.2, -0.15) is 0 Å². The predicted octanol–water partition coefficient (Wildman–Crippen LogP) is 3.17. The molecule has 0 aliphatic heterocycles. The summed E-state index contributed by atoms with van der Waals surface area (Å²) in [4.78, 5) is 0. The van der Waals surface area contributed by atoms with Crippen LogP contribution in [0.15, 0.2) is 30.3 Å². The molecular formula is C18H21NO3. The minimum atomic E-state index is 0.268. The first-order valence-corrected chi connectivity index (χ1v) is 7.39. The summed E-state index contributed by atoms with van der Waals surface area (Å²) in [7, 11) is 4.94. The van der Waals surface area contributed by atoms with E-state index < -0.39 is 0 Å². The molecule has 4 nitrogen and oxygen atoms in total. The Labute approximate surface area is 130 Å². The Bertz CT molecular complexity index is 697. The summed E-state index contributed by atoms with van der Waals surface area (Å²) in [5, 5.41) is 0. The van der Waals surface area contributed by atoms with Gasteiger partial charge in [0.05, 0.1) is 21.3 Å². The molecule has 2 N–H and O–H groups in total. The van der Waals surface area contributed by atoms with Gasteiger partial charge in [0.1, 0.15) is 0 Å². The van der Waals surface area contributed by atoms with Gasteiger partial charge in [-0.05, 0) is 35.7 Å². The second-order valence-electron chi connectivity index (χ2n) is 5.33. The summed E-state index contributed by atoms with van der Waals surface area (Å²) in [6.45, 7) is 0.634. The first-order valence-electron chi connectivity index (χ1n) is 7.39. The Kier molecular flexibility index (Phi) is 3.94. The predicted molar refractivity (Wildman–Crippen MR) is 87.0 cm³/mol. The molecule has 116 valence electrons. The Balaban J connectivity index is 2.33. The first-order chi connectivity index (χ1) is 10.8. The van der Waals surface area contributed by atoms with Crippen LogP contribution in [0.3, 0.4) is 0 Å². The third-order valence-electron chi connectivity index (χ3n) is 4.30. The molecule has 2 aromatic carbocycles. The second kappa shape index (κ2) is 5.89. The van der Waals surface area contributed by atoms with Crippen LogP contribution in [0, 0.1) is 0 Å². The number of ether oxygens (including phenoxy) is 3. The lowest BCUT2D eigenvalue weighted by atomic mass is 9.93. The van der Waals surface area contributed by atoms with Crippen LogP contribution in [0.5, 0.6) is 17.2 Å². The molecule has 3 rings (SSSR count). The van der Waals surface area contributed by atoms with Crippen molar-refractivity contribution in [3.05, 3.63) is 41.5 Å². The van der Waals surface area contributed by atoms with Crippen molar-refractivity contribution < 1.29 is 14.2 Å². The van der Waals surface area contributed by atoms with Crippen LogP contribution < -0.4 is 19.9 Å². The molecule has 0 saturated heterocycles. The molecule has 0 heterocycles. The normalized spacial score (nSPS) is 15.2. The third-order valence-corrected chi connectivity index (χ3v) is 4.30. The van der Waals surface area contributed by atoms with Gasteiger partial charge in [0, 0.05) is 11.5 Å². The number of hydrogen-bond donors (Lipinski definition) is 1. The van der Waals surface area contributed by atoms with E-state index in [4.69, 9.17) is 19.9 Å². The van der Waals surface area contributed by atoms with E-state index in [0.717, 1.165) is 17.7 Å². The van der Waals surface area contributed by atoms with Crippen molar-refractivity contribution in [2.75, 3.05) is 27.9 Å². The summed E-state index contributed by atoms with van der Waals surface area (Å²) >= 11 is 0. The summed E-state index contributed by atoms with van der Waals surface area (Å²) in [5.74, 6) is 2.31. The topological polar surface area (TPSA) is 53.7 Å². The van der Waals surface area contributed by atoms with E-state index in [-0.39, 0.29) is 5.92 Å². The Hall–Kier alpha value is -2.20. The maximum absolute atomic E-state index is 5.83. The highest BCUT2D eigenvalue weighted by molar-refractivity contribution is 5.87. The van der Waals surface area contributed by atoms with Crippen molar-refractivity contribution in [1.29, 1.82) is 0 Å². The van der Waals surface area contributed by atoms with Crippen molar-refractivity contribution >= 4 is 0 Å². The zero-order chi connectivity index (χ0) is 15.7. The van der Waals surface area contributed by atoms with Crippen molar-refractivity contribution in [2.24, 2.45) is 5.73 Å². The molecule has 0 aromatic heterocycles. The molecule has 0 saturated carbocycles. The number of nitrogens with two attached hydrogens (primary N) is 1. The van der Waals surface area contributed by atoms with Gasteiger partial charge in [-0.15, -0.1) is 0 Å². The molecule has 1 unspecified atom stereocenters. The quantitative estimate of drug-likeness (QED) is 0.921. The first kappa shape index (κ1) is 14.7. The van der Waals surface area contributed by atoms with Gasteiger partial charge in [-0.3, -0.25) is 0 Å². The molecule has 0 amide bonds. The highest BCUT2D eigenvalue weighted by Crippen LogP contribution is 2.55. The van der Waals surface area contributed by atoms with E-state index in [2.05, 4.69) is 24.3 Å². The zero-order valence-corrected chi connectivity index (χ0v) is 13.2. The van der Waals surface area contributed by atoms with Gasteiger partial charge in [0.2, 0.25) is 5.75 Å². The zero-order valence-electron chi connectivity index (χ0n) is 13.2. The fourth-order valence-electron chi connectivity index (χ4n) is 3.40. The lowest BCUT2D eigenvalue weighted by molar-refractivity contribution is 0.324. The molecule has 0 radical (unpaired) electrons. The lowest BCUT2D eigenvalue weighted by Crippen LogP contribution is -2.07. The van der Waals surface area contributed by atoms with E-state index in [1.165, 1.54) is 16.7 Å². The van der Waals surface area contributed by atoms with Gasteiger partial charge < -0.3 is 19.9 Å². The molecule has 0 fully saturated rings. The van der Waals surface area contributed by atoms with Crippen molar-refractivity contribution in [1.82, 2.24) is 0 Å². The molecule has 1 aliphatic rings. The van der Waals surface area contributed by atoms with E-state index in [0.29, 0.717) is 18.0 Å². The maximum Gasteiger partial charge on any atom is 0.203 e. The van der Waals surface area contributed by atoms with Crippen LogP contribution in [0.1, 0.15) is 23.5 Å². The van der Waals surface area contributed by atoms with Gasteiger partial charge in [0.25, 0.3) is 0 Å². The number of hydrogen-bond acceptors (Lipinski definition) is 4. The number of methoxy groups -OCH3 is 3. The Morgan fingerprint density at radius 1 is 0.955 bits per heavy atom. The molecule has 0 spiro atoms. The Morgan fingerprint density at radius 2 is 1.68 bits per heavy atom. The average Bonchev–Trinajstić information content (AvgIpc) is 2.87. The van der Waals surface area contributed by atoms with E-state index in [1.807, 2.05) is 6.07 Å². The van der Waals surface area contributed by atoms with E-state index in [9.17, 15) is 0 Å². The monoisotopic (exact) mass is 299 g/mol. The smallest absolute Gasteiger partial charge is 0.203 e. The van der Waals surface area contributed by atoms with Crippen LogP contribution in [0.2, 0.25) is 0 Å². The summed E-state index contributed by atoms with van der Waals surface area (Å²) in [5.41, 5.74) is 10.6. The molecule has 1 atom stereocenters. The molecule has 22 heavy (non-hydrogen) atoms. The fourth-order valence-corrected chi connectivity index (χ4v) is 3.40. The van der Waals surface area contributed by atoms with Crippen LogP contribution >= 0.6 is 0 Å². The van der Waals surface area contributed by atoms with Crippen molar-refractivity contribution in [3.63, 3.8) is 0 Å². The van der Waals surface area contributed by atoms with Crippen LogP contribution in [0.4, 0.5) is 0 Å². The van der Waals surface area contributed by atoms with Crippen LogP contribution in [0.25, 0.3) is 11.1 Å². The molecule has 1 aliphatic carbocycles. The van der Waals surface area contributed by atoms with Gasteiger partial charge in [-0.25, -0.2) is 0 Å². The summed E-state index contributed by atoms with van der Waals surface area (Å²) in [6.07, 6.45) is 0.892. The average molecular weight is 299 g/mol. The summed E-state index contributed by atoms with van der Waals surface area (Å²) in [6, 6.07) is 10.4. The largest absolute Gasteiger partial charge is 0.493 e. The minimum absolute atomic E-state index is 0.268. The minimum Gasteiger partial charge on any atom is -0.493 e. The second-order valence-corrected chi connectivity index (χ2v) is 5.33. The van der Waals surface area contributed by atoms with E-state index >= 15 is 0 Å². The molecule has 0 bridgehead atoms. The number of rotatable bonds is 5. The van der Waals surface area contributed by atoms with Crippen molar-refractivity contribution in [3.8, 4) is 28.4 Å². The Morgan fingerprint density at radius 3 is 2.32 bits per heavy atom. The highest BCUT2D eigenvalue weighted by atomic mass is 16.5. The SMILES string of the molecule is COc1cc2c(c(OC)c1OC)-c1ccccc1C2CCN. The fraction of sp³-hybridized carbons (Fsp3) is 0.333. The van der Waals surface area contributed by atoms with E-state index in [1.54, 1.807) is 21.3 Å². The van der Waals surface area contributed by atoms with Gasteiger partial charge in [-0.1, -0.05) is 24.3 Å². The molecule has 2 aromatic rings. The lowest BCUT2D eigenvalue weighted by Gasteiger charge is -2.18. The summed E-state index contributed by atoms with van der Waals surface area (Å²) < 4.78 is 16.7. The third kappa shape index (κ3) is 2.03. The molecule has 4 heteroatoms. The van der Waals surface area contributed by atoms with Crippen LogP contribution in [-0.4, -0.2) is 27.9 Å².